The zero-order valence-corrected chi connectivity index (χ0v) is 13.7. The lowest BCUT2D eigenvalue weighted by molar-refractivity contribution is -0.384. The molecule has 0 aliphatic heterocycles. The third kappa shape index (κ3) is 4.97. The van der Waals surface area contributed by atoms with Crippen molar-refractivity contribution in [1.82, 2.24) is 5.32 Å². The van der Waals surface area contributed by atoms with Gasteiger partial charge in [0.1, 0.15) is 0 Å². The van der Waals surface area contributed by atoms with Crippen LogP contribution < -0.4 is 10.6 Å². The highest BCUT2D eigenvalue weighted by atomic mass is 32.1. The Bertz CT molecular complexity index is 770. The lowest BCUT2D eigenvalue weighted by atomic mass is 10.2. The summed E-state index contributed by atoms with van der Waals surface area (Å²) in [6.45, 7) is 1.78. The standard InChI is InChI=1S/C15H13N3O3S2/c1-10-4-5-11(18(20)21)9-13(10)16-15(22)17-14(19)7-6-12-3-2-8-23-12/h2-9H,1H3,(H2,16,17,19,22). The molecule has 23 heavy (non-hydrogen) atoms. The second-order valence-corrected chi connectivity index (χ2v) is 5.94. The Morgan fingerprint density at radius 1 is 1.39 bits per heavy atom. The van der Waals surface area contributed by atoms with E-state index >= 15 is 0 Å². The lowest BCUT2D eigenvalue weighted by Gasteiger charge is -2.10. The van der Waals surface area contributed by atoms with Crippen LogP contribution in [0.5, 0.6) is 0 Å². The fourth-order valence-corrected chi connectivity index (χ4v) is 2.54. The van der Waals surface area contributed by atoms with E-state index in [1.54, 1.807) is 19.1 Å². The Hall–Kier alpha value is -2.58. The number of thiocarbonyl (C=S) groups is 1. The molecule has 1 aromatic heterocycles. The quantitative estimate of drug-likeness (QED) is 0.383. The zero-order valence-electron chi connectivity index (χ0n) is 12.1. The van der Waals surface area contributed by atoms with E-state index in [0.717, 1.165) is 10.4 Å². The van der Waals surface area contributed by atoms with E-state index in [2.05, 4.69) is 10.6 Å². The van der Waals surface area contributed by atoms with Gasteiger partial charge in [0.15, 0.2) is 5.11 Å². The molecule has 0 radical (unpaired) electrons. The molecule has 0 unspecified atom stereocenters. The third-order valence-electron chi connectivity index (χ3n) is 2.86. The average molecular weight is 347 g/mol. The van der Waals surface area contributed by atoms with Crippen LogP contribution in [0, 0.1) is 17.0 Å². The number of hydrogen-bond donors (Lipinski definition) is 2. The maximum atomic E-state index is 11.8. The lowest BCUT2D eigenvalue weighted by Crippen LogP contribution is -2.33. The molecular formula is C15H13N3O3S2. The first-order valence-electron chi connectivity index (χ1n) is 6.54. The first-order valence-corrected chi connectivity index (χ1v) is 7.83. The van der Waals surface area contributed by atoms with Gasteiger partial charge in [-0.05, 0) is 42.2 Å². The molecule has 6 nitrogen and oxygen atoms in total. The average Bonchev–Trinajstić information content (AvgIpc) is 3.00. The van der Waals surface area contributed by atoms with E-state index in [-0.39, 0.29) is 16.7 Å². The summed E-state index contributed by atoms with van der Waals surface area (Å²) < 4.78 is 0. The fourth-order valence-electron chi connectivity index (χ4n) is 1.71. The number of nitro benzene ring substituents is 1. The zero-order chi connectivity index (χ0) is 16.8. The van der Waals surface area contributed by atoms with E-state index in [1.165, 1.54) is 29.5 Å². The summed E-state index contributed by atoms with van der Waals surface area (Å²) in [6.07, 6.45) is 3.06. The van der Waals surface area contributed by atoms with E-state index in [0.29, 0.717) is 5.69 Å². The predicted octanol–water partition coefficient (Wildman–Crippen LogP) is 3.49. The minimum Gasteiger partial charge on any atom is -0.332 e. The molecule has 0 spiro atoms. The minimum atomic E-state index is -0.490. The Morgan fingerprint density at radius 3 is 2.83 bits per heavy atom. The number of amides is 1. The van der Waals surface area contributed by atoms with Crippen molar-refractivity contribution in [2.75, 3.05) is 5.32 Å². The summed E-state index contributed by atoms with van der Waals surface area (Å²) in [6, 6.07) is 8.17. The molecule has 0 aliphatic rings. The van der Waals surface area contributed by atoms with Crippen LogP contribution in [0.3, 0.4) is 0 Å². The first-order chi connectivity index (χ1) is 11.0. The molecule has 0 fully saturated rings. The first kappa shape index (κ1) is 16.8. The van der Waals surface area contributed by atoms with Crippen molar-refractivity contribution in [3.05, 3.63) is 62.3 Å². The van der Waals surface area contributed by atoms with Gasteiger partial charge in [0, 0.05) is 28.8 Å². The number of non-ortho nitro benzene ring substituents is 1. The SMILES string of the molecule is Cc1ccc([N+](=O)[O-])cc1NC(=S)NC(=O)C=Cc1cccs1. The summed E-state index contributed by atoms with van der Waals surface area (Å²) in [4.78, 5) is 23.0. The molecule has 1 aromatic carbocycles. The highest BCUT2D eigenvalue weighted by Crippen LogP contribution is 2.21. The number of nitro groups is 1. The van der Waals surface area contributed by atoms with Crippen LogP contribution in [-0.4, -0.2) is 15.9 Å². The van der Waals surface area contributed by atoms with Gasteiger partial charge in [0.05, 0.1) is 4.92 Å². The van der Waals surface area contributed by atoms with Crippen LogP contribution in [0.15, 0.2) is 41.8 Å². The number of thiophene rings is 1. The number of hydrogen-bond acceptors (Lipinski definition) is 5. The minimum absolute atomic E-state index is 0.0511. The normalized spacial score (nSPS) is 10.5. The number of nitrogens with zero attached hydrogens (tertiary/aromatic N) is 1. The molecule has 1 amide bonds. The summed E-state index contributed by atoms with van der Waals surface area (Å²) in [5, 5.41) is 18.1. The maximum Gasteiger partial charge on any atom is 0.271 e. The number of carbonyl (C=O) groups is 1. The monoisotopic (exact) mass is 347 g/mol. The second kappa shape index (κ2) is 7.61. The van der Waals surface area contributed by atoms with Gasteiger partial charge in [0.2, 0.25) is 5.91 Å². The van der Waals surface area contributed by atoms with Gasteiger partial charge >= 0.3 is 0 Å². The molecule has 0 saturated heterocycles. The van der Waals surface area contributed by atoms with Crippen molar-refractivity contribution in [3.8, 4) is 0 Å². The van der Waals surface area contributed by atoms with Crippen LogP contribution in [0.25, 0.3) is 6.08 Å². The molecule has 2 aromatic rings. The van der Waals surface area contributed by atoms with Gasteiger partial charge < -0.3 is 5.32 Å². The number of aryl methyl sites for hydroxylation is 1. The van der Waals surface area contributed by atoms with Crippen LogP contribution in [0.1, 0.15) is 10.4 Å². The Balaban J connectivity index is 1.98. The van der Waals surface area contributed by atoms with Crippen molar-refractivity contribution >= 4 is 52.0 Å². The maximum absolute atomic E-state index is 11.8. The predicted molar refractivity (Wildman–Crippen MR) is 95.5 cm³/mol. The van der Waals surface area contributed by atoms with E-state index < -0.39 is 4.92 Å². The molecule has 0 bridgehead atoms. The van der Waals surface area contributed by atoms with E-state index in [1.807, 2.05) is 17.5 Å². The molecule has 2 rings (SSSR count). The number of carbonyl (C=O) groups excluding carboxylic acids is 1. The highest BCUT2D eigenvalue weighted by Gasteiger charge is 2.10. The van der Waals surface area contributed by atoms with Gasteiger partial charge in [-0.1, -0.05) is 12.1 Å². The molecule has 2 N–H and O–H groups in total. The van der Waals surface area contributed by atoms with Gasteiger partial charge in [-0.3, -0.25) is 20.2 Å². The number of rotatable bonds is 4. The molecular weight excluding hydrogens is 334 g/mol. The summed E-state index contributed by atoms with van der Waals surface area (Å²) in [7, 11) is 0. The van der Waals surface area contributed by atoms with Gasteiger partial charge in [-0.25, -0.2) is 0 Å². The third-order valence-corrected chi connectivity index (χ3v) is 3.90. The van der Waals surface area contributed by atoms with Crippen molar-refractivity contribution in [3.63, 3.8) is 0 Å². The fraction of sp³-hybridized carbons (Fsp3) is 0.0667. The second-order valence-electron chi connectivity index (χ2n) is 4.55. The number of benzene rings is 1. The summed E-state index contributed by atoms with van der Waals surface area (Å²) >= 11 is 6.56. The number of anilines is 1. The molecule has 0 atom stereocenters. The van der Waals surface area contributed by atoms with Gasteiger partial charge in [-0.15, -0.1) is 11.3 Å². The van der Waals surface area contributed by atoms with E-state index in [4.69, 9.17) is 12.2 Å². The Kier molecular flexibility index (Phi) is 5.56. The largest absolute Gasteiger partial charge is 0.332 e. The molecule has 8 heteroatoms. The van der Waals surface area contributed by atoms with Crippen molar-refractivity contribution in [2.45, 2.75) is 6.92 Å². The topological polar surface area (TPSA) is 84.3 Å². The van der Waals surface area contributed by atoms with Crippen LogP contribution in [0.4, 0.5) is 11.4 Å². The molecule has 118 valence electrons. The molecule has 1 heterocycles. The van der Waals surface area contributed by atoms with Gasteiger partial charge in [-0.2, -0.15) is 0 Å². The van der Waals surface area contributed by atoms with Crippen molar-refractivity contribution in [2.24, 2.45) is 0 Å². The Labute approximate surface area is 142 Å². The Morgan fingerprint density at radius 2 is 2.17 bits per heavy atom. The summed E-state index contributed by atoms with van der Waals surface area (Å²) in [5.41, 5.74) is 1.21. The molecule has 0 saturated carbocycles. The van der Waals surface area contributed by atoms with Crippen LogP contribution in [-0.2, 0) is 4.79 Å². The van der Waals surface area contributed by atoms with Crippen LogP contribution >= 0.6 is 23.6 Å². The van der Waals surface area contributed by atoms with E-state index in [9.17, 15) is 14.9 Å². The summed E-state index contributed by atoms with van der Waals surface area (Å²) in [5.74, 6) is -0.376. The van der Waals surface area contributed by atoms with Crippen LogP contribution in [0.2, 0.25) is 0 Å². The smallest absolute Gasteiger partial charge is 0.271 e. The molecule has 0 aliphatic carbocycles. The van der Waals surface area contributed by atoms with Crippen molar-refractivity contribution < 1.29 is 9.72 Å². The van der Waals surface area contributed by atoms with Gasteiger partial charge in [0.25, 0.3) is 5.69 Å². The van der Waals surface area contributed by atoms with Crippen molar-refractivity contribution in [1.29, 1.82) is 0 Å². The highest BCUT2D eigenvalue weighted by molar-refractivity contribution is 7.80. The number of nitrogens with one attached hydrogen (secondary N) is 2.